The topological polar surface area (TPSA) is 58.1 Å². The van der Waals surface area contributed by atoms with E-state index in [0.29, 0.717) is 19.0 Å². The van der Waals surface area contributed by atoms with Crippen LogP contribution in [0.1, 0.15) is 35.3 Å². The first kappa shape index (κ1) is 17.3. The highest BCUT2D eigenvalue weighted by Gasteiger charge is 2.23. The summed E-state index contributed by atoms with van der Waals surface area (Å²) in [6.45, 7) is 1.33. The van der Waals surface area contributed by atoms with Crippen molar-refractivity contribution in [1.29, 1.82) is 0 Å². The fourth-order valence-corrected chi connectivity index (χ4v) is 3.26. The van der Waals surface area contributed by atoms with Gasteiger partial charge in [-0.1, -0.05) is 12.1 Å². The quantitative estimate of drug-likeness (QED) is 0.927. The van der Waals surface area contributed by atoms with Crippen LogP contribution < -0.4 is 5.32 Å². The summed E-state index contributed by atoms with van der Waals surface area (Å²) >= 11 is 0. The molecular weight excluding hydrogens is 319 g/mol. The van der Waals surface area contributed by atoms with E-state index in [0.717, 1.165) is 37.2 Å². The van der Waals surface area contributed by atoms with Crippen molar-refractivity contribution >= 4 is 11.7 Å². The minimum Gasteiger partial charge on any atom is -0.372 e. The summed E-state index contributed by atoms with van der Waals surface area (Å²) in [7, 11) is 1.82. The standard InChI is InChI=1S/C19H23FN4O/c1-21-18-13-22-15(12-23-18)11-14-5-4-9-24(10-8-14)19(25)16-6-2-3-7-17(16)20/h2-3,6-7,12-14H,4-5,8-11H2,1H3,(H,21,23). The molecule has 6 heteroatoms. The van der Waals surface area contributed by atoms with Gasteiger partial charge in [0.15, 0.2) is 0 Å². The number of halogens is 1. The summed E-state index contributed by atoms with van der Waals surface area (Å²) in [5.41, 5.74) is 1.13. The molecule has 0 saturated carbocycles. The average Bonchev–Trinajstić information content (AvgIpc) is 2.88. The third-order valence-corrected chi connectivity index (χ3v) is 4.70. The van der Waals surface area contributed by atoms with Gasteiger partial charge in [0.25, 0.3) is 5.91 Å². The Hall–Kier alpha value is -2.50. The van der Waals surface area contributed by atoms with Gasteiger partial charge in [-0.15, -0.1) is 0 Å². The van der Waals surface area contributed by atoms with Crippen LogP contribution in [0.5, 0.6) is 0 Å². The molecule has 0 bridgehead atoms. The minimum atomic E-state index is -0.451. The van der Waals surface area contributed by atoms with Crippen LogP contribution >= 0.6 is 0 Å². The lowest BCUT2D eigenvalue weighted by Gasteiger charge is -2.21. The molecule has 1 aromatic carbocycles. The van der Waals surface area contributed by atoms with Gasteiger partial charge in [0.2, 0.25) is 0 Å². The molecule has 1 atom stereocenters. The van der Waals surface area contributed by atoms with Gasteiger partial charge in [-0.3, -0.25) is 9.78 Å². The number of rotatable bonds is 4. The highest BCUT2D eigenvalue weighted by Crippen LogP contribution is 2.22. The zero-order chi connectivity index (χ0) is 17.6. The van der Waals surface area contributed by atoms with Crippen LogP contribution in [0.15, 0.2) is 36.7 Å². The summed E-state index contributed by atoms with van der Waals surface area (Å²) in [6.07, 6.45) is 7.26. The molecular formula is C19H23FN4O. The van der Waals surface area contributed by atoms with Gasteiger partial charge in [0.1, 0.15) is 11.6 Å². The number of carbonyl (C=O) groups excluding carboxylic acids is 1. The molecule has 1 fully saturated rings. The van der Waals surface area contributed by atoms with Gasteiger partial charge in [-0.2, -0.15) is 0 Å². The van der Waals surface area contributed by atoms with E-state index >= 15 is 0 Å². The largest absolute Gasteiger partial charge is 0.372 e. The molecule has 1 aromatic heterocycles. The van der Waals surface area contributed by atoms with Crippen LogP contribution in [0, 0.1) is 11.7 Å². The molecule has 0 spiro atoms. The highest BCUT2D eigenvalue weighted by atomic mass is 19.1. The second kappa shape index (κ2) is 8.05. The Morgan fingerprint density at radius 1 is 1.24 bits per heavy atom. The second-order valence-electron chi connectivity index (χ2n) is 6.42. The Morgan fingerprint density at radius 2 is 2.08 bits per heavy atom. The van der Waals surface area contributed by atoms with Crippen LogP contribution in [0.25, 0.3) is 0 Å². The first-order chi connectivity index (χ1) is 12.2. The van der Waals surface area contributed by atoms with Crippen LogP contribution in [0.2, 0.25) is 0 Å². The molecule has 0 aliphatic carbocycles. The third-order valence-electron chi connectivity index (χ3n) is 4.70. The minimum absolute atomic E-state index is 0.162. The van der Waals surface area contributed by atoms with E-state index < -0.39 is 5.82 Å². The van der Waals surface area contributed by atoms with Crippen molar-refractivity contribution in [3.8, 4) is 0 Å². The summed E-state index contributed by atoms with van der Waals surface area (Å²) in [5, 5.41) is 2.96. The molecule has 1 aliphatic rings. The zero-order valence-corrected chi connectivity index (χ0v) is 14.4. The lowest BCUT2D eigenvalue weighted by molar-refractivity contribution is 0.0755. The van der Waals surface area contributed by atoms with Crippen molar-refractivity contribution in [3.63, 3.8) is 0 Å². The average molecular weight is 342 g/mol. The molecule has 2 heterocycles. The monoisotopic (exact) mass is 342 g/mol. The Labute approximate surface area is 147 Å². The number of carbonyl (C=O) groups is 1. The molecule has 132 valence electrons. The maximum atomic E-state index is 13.9. The van der Waals surface area contributed by atoms with Crippen molar-refractivity contribution < 1.29 is 9.18 Å². The van der Waals surface area contributed by atoms with Crippen molar-refractivity contribution in [2.45, 2.75) is 25.7 Å². The van der Waals surface area contributed by atoms with Crippen molar-refractivity contribution in [2.24, 2.45) is 5.92 Å². The predicted octanol–water partition coefficient (Wildman–Crippen LogP) is 3.14. The zero-order valence-electron chi connectivity index (χ0n) is 14.4. The Morgan fingerprint density at radius 3 is 2.80 bits per heavy atom. The molecule has 5 nitrogen and oxygen atoms in total. The molecule has 2 aromatic rings. The molecule has 1 unspecified atom stereocenters. The number of anilines is 1. The van der Waals surface area contributed by atoms with Gasteiger partial charge in [0.05, 0.1) is 23.7 Å². The molecule has 0 radical (unpaired) electrons. The van der Waals surface area contributed by atoms with E-state index in [2.05, 4.69) is 15.3 Å². The molecule has 1 saturated heterocycles. The SMILES string of the molecule is CNc1cnc(CC2CCCN(C(=O)c3ccccc3F)CC2)cn1. The number of nitrogens with zero attached hydrogens (tertiary/aromatic N) is 3. The lowest BCUT2D eigenvalue weighted by atomic mass is 9.95. The number of likely N-dealkylation sites (tertiary alicyclic amines) is 1. The normalized spacial score (nSPS) is 17.8. The van der Waals surface area contributed by atoms with E-state index in [1.807, 2.05) is 7.05 Å². The predicted molar refractivity (Wildman–Crippen MR) is 94.9 cm³/mol. The van der Waals surface area contributed by atoms with Gasteiger partial charge in [-0.25, -0.2) is 9.37 Å². The lowest BCUT2D eigenvalue weighted by Crippen LogP contribution is -2.32. The van der Waals surface area contributed by atoms with Gasteiger partial charge < -0.3 is 10.2 Å². The number of aromatic nitrogens is 2. The van der Waals surface area contributed by atoms with Crippen molar-refractivity contribution in [2.75, 3.05) is 25.5 Å². The number of hydrogen-bond acceptors (Lipinski definition) is 4. The van der Waals surface area contributed by atoms with E-state index in [1.54, 1.807) is 35.5 Å². The van der Waals surface area contributed by atoms with E-state index in [-0.39, 0.29) is 11.5 Å². The highest BCUT2D eigenvalue weighted by molar-refractivity contribution is 5.94. The molecule has 25 heavy (non-hydrogen) atoms. The first-order valence-electron chi connectivity index (χ1n) is 8.70. The molecule has 1 aliphatic heterocycles. The fourth-order valence-electron chi connectivity index (χ4n) is 3.26. The smallest absolute Gasteiger partial charge is 0.256 e. The fraction of sp³-hybridized carbons (Fsp3) is 0.421. The molecule has 1 N–H and O–H groups in total. The van der Waals surface area contributed by atoms with Crippen LogP contribution in [-0.2, 0) is 6.42 Å². The van der Waals surface area contributed by atoms with Crippen LogP contribution in [-0.4, -0.2) is 40.9 Å². The van der Waals surface area contributed by atoms with Gasteiger partial charge in [0, 0.05) is 20.1 Å². The van der Waals surface area contributed by atoms with Gasteiger partial charge >= 0.3 is 0 Å². The number of nitrogens with one attached hydrogen (secondary N) is 1. The van der Waals surface area contributed by atoms with E-state index in [9.17, 15) is 9.18 Å². The van der Waals surface area contributed by atoms with Crippen LogP contribution in [0.3, 0.4) is 0 Å². The van der Waals surface area contributed by atoms with Crippen molar-refractivity contribution in [1.82, 2.24) is 14.9 Å². The van der Waals surface area contributed by atoms with E-state index in [4.69, 9.17) is 0 Å². The van der Waals surface area contributed by atoms with Crippen molar-refractivity contribution in [3.05, 3.63) is 53.7 Å². The van der Waals surface area contributed by atoms with E-state index in [1.165, 1.54) is 6.07 Å². The van der Waals surface area contributed by atoms with Crippen LogP contribution in [0.4, 0.5) is 10.2 Å². The summed E-state index contributed by atoms with van der Waals surface area (Å²) in [4.78, 5) is 23.1. The molecule has 1 amide bonds. The molecule has 3 rings (SSSR count). The number of benzene rings is 1. The first-order valence-corrected chi connectivity index (χ1v) is 8.70. The Kier molecular flexibility index (Phi) is 5.58. The number of amides is 1. The Bertz CT molecular complexity index is 720. The van der Waals surface area contributed by atoms with Gasteiger partial charge in [-0.05, 0) is 43.7 Å². The summed E-state index contributed by atoms with van der Waals surface area (Å²) < 4.78 is 13.9. The Balaban J connectivity index is 1.60. The maximum absolute atomic E-state index is 13.9. The third kappa shape index (κ3) is 4.32. The summed E-state index contributed by atoms with van der Waals surface area (Å²) in [6, 6.07) is 6.19. The second-order valence-corrected chi connectivity index (χ2v) is 6.42. The summed E-state index contributed by atoms with van der Waals surface area (Å²) in [5.74, 6) is 0.560. The number of hydrogen-bond donors (Lipinski definition) is 1. The maximum Gasteiger partial charge on any atom is 0.256 e.